The molecule has 1 saturated heterocycles. The molecule has 7 heteroatoms. The average molecular weight is 492 g/mol. The molecular formula is C30H25N3O4. The zero-order valence-electron chi connectivity index (χ0n) is 20.2. The van der Waals surface area contributed by atoms with Crippen molar-refractivity contribution in [1.29, 1.82) is 0 Å². The molecule has 1 aliphatic carbocycles. The van der Waals surface area contributed by atoms with Crippen molar-refractivity contribution in [3.05, 3.63) is 101 Å². The fourth-order valence-corrected chi connectivity index (χ4v) is 5.70. The number of aromatic nitrogens is 2. The number of fused-ring (bicyclic) bond motifs is 3. The number of nitrogens with one attached hydrogen (secondary N) is 1. The predicted molar refractivity (Wildman–Crippen MR) is 137 cm³/mol. The summed E-state index contributed by atoms with van der Waals surface area (Å²) in [5.74, 6) is 0.148. The summed E-state index contributed by atoms with van der Waals surface area (Å²) in [6.45, 7) is 1.69. The maximum atomic E-state index is 13.8. The summed E-state index contributed by atoms with van der Waals surface area (Å²) in [5.41, 5.74) is 2.71. The molecule has 0 bridgehead atoms. The number of pyridine rings is 2. The van der Waals surface area contributed by atoms with Crippen molar-refractivity contribution in [2.24, 2.45) is 0 Å². The minimum absolute atomic E-state index is 0.113. The summed E-state index contributed by atoms with van der Waals surface area (Å²) in [6, 6.07) is 21.5. The van der Waals surface area contributed by atoms with Gasteiger partial charge in [-0.1, -0.05) is 36.4 Å². The molecule has 1 N–H and O–H groups in total. The molecule has 4 heterocycles. The summed E-state index contributed by atoms with van der Waals surface area (Å²) in [4.78, 5) is 35.7. The Morgan fingerprint density at radius 1 is 1.00 bits per heavy atom. The zero-order chi connectivity index (χ0) is 25.0. The van der Waals surface area contributed by atoms with E-state index in [4.69, 9.17) is 9.47 Å². The third-order valence-corrected chi connectivity index (χ3v) is 7.90. The Morgan fingerprint density at radius 2 is 1.84 bits per heavy atom. The van der Waals surface area contributed by atoms with Gasteiger partial charge < -0.3 is 14.8 Å². The first kappa shape index (κ1) is 22.1. The first-order chi connectivity index (χ1) is 18.1. The van der Waals surface area contributed by atoms with Crippen molar-refractivity contribution < 1.29 is 19.1 Å². The molecule has 4 aromatic rings. The third kappa shape index (κ3) is 3.53. The summed E-state index contributed by atoms with van der Waals surface area (Å²) in [7, 11) is 0. The van der Waals surface area contributed by atoms with Crippen LogP contribution in [-0.2, 0) is 22.4 Å². The van der Waals surface area contributed by atoms with Gasteiger partial charge in [0.1, 0.15) is 18.1 Å². The van der Waals surface area contributed by atoms with E-state index in [1.54, 1.807) is 6.20 Å². The summed E-state index contributed by atoms with van der Waals surface area (Å²) in [6.07, 6.45) is 3.77. The van der Waals surface area contributed by atoms with Gasteiger partial charge in [-0.3, -0.25) is 9.78 Å². The molecule has 1 spiro atoms. The number of hydrogen-bond acceptors (Lipinski definition) is 7. The van der Waals surface area contributed by atoms with E-state index in [1.165, 1.54) is 0 Å². The molecule has 2 aliphatic heterocycles. The van der Waals surface area contributed by atoms with E-state index in [0.29, 0.717) is 30.9 Å². The monoisotopic (exact) mass is 491 g/mol. The molecule has 1 atom stereocenters. The van der Waals surface area contributed by atoms with Gasteiger partial charge in [0.15, 0.2) is 11.4 Å². The highest BCUT2D eigenvalue weighted by atomic mass is 16.6. The number of nitrogens with zero attached hydrogens (tertiary/aromatic N) is 2. The lowest BCUT2D eigenvalue weighted by molar-refractivity contribution is 0.00158. The molecule has 2 aromatic heterocycles. The number of carbonyl (C=O) groups is 2. The van der Waals surface area contributed by atoms with Crippen molar-refractivity contribution in [1.82, 2.24) is 15.3 Å². The van der Waals surface area contributed by atoms with E-state index >= 15 is 0 Å². The first-order valence-electron chi connectivity index (χ1n) is 12.6. The van der Waals surface area contributed by atoms with Crippen LogP contribution in [0, 0.1) is 0 Å². The molecule has 37 heavy (non-hydrogen) atoms. The van der Waals surface area contributed by atoms with E-state index < -0.39 is 17.0 Å². The van der Waals surface area contributed by atoms with Crippen molar-refractivity contribution in [3.8, 4) is 5.75 Å². The lowest BCUT2D eigenvalue weighted by atomic mass is 9.85. The number of rotatable bonds is 6. The standard InChI is InChI=1S/C30H25N3O4/c34-27(26-25-23(11-15-32-26)30(37-28(25)35)14-16-31-18-30)29(12-13-29)20-6-9-22(10-7-20)36-17-21-8-5-19-3-1-2-4-24(19)33-21/h1-11,15,31H,12-14,16-18H2. The number of hydrogen-bond donors (Lipinski definition) is 1. The van der Waals surface area contributed by atoms with Crippen molar-refractivity contribution in [2.45, 2.75) is 36.9 Å². The van der Waals surface area contributed by atoms with E-state index in [0.717, 1.165) is 47.1 Å². The maximum absolute atomic E-state index is 13.8. The van der Waals surface area contributed by atoms with Gasteiger partial charge in [-0.05, 0) is 55.3 Å². The number of ether oxygens (including phenoxy) is 2. The number of benzene rings is 2. The van der Waals surface area contributed by atoms with Gasteiger partial charge >= 0.3 is 5.97 Å². The summed E-state index contributed by atoms with van der Waals surface area (Å²) < 4.78 is 11.8. The minimum Gasteiger partial charge on any atom is -0.487 e. The Kier molecular flexibility index (Phi) is 4.91. The van der Waals surface area contributed by atoms with Gasteiger partial charge in [0, 0.05) is 30.1 Å². The van der Waals surface area contributed by atoms with Gasteiger partial charge in [-0.25, -0.2) is 9.78 Å². The lowest BCUT2D eigenvalue weighted by Gasteiger charge is -2.21. The largest absolute Gasteiger partial charge is 0.487 e. The van der Waals surface area contributed by atoms with Crippen LogP contribution in [0.15, 0.2) is 72.9 Å². The van der Waals surface area contributed by atoms with Gasteiger partial charge in [-0.2, -0.15) is 0 Å². The molecule has 1 unspecified atom stereocenters. The summed E-state index contributed by atoms with van der Waals surface area (Å²) >= 11 is 0. The fraction of sp³-hybridized carbons (Fsp3) is 0.267. The van der Waals surface area contributed by atoms with Crippen molar-refractivity contribution in [3.63, 3.8) is 0 Å². The van der Waals surface area contributed by atoms with Crippen molar-refractivity contribution in [2.75, 3.05) is 13.1 Å². The van der Waals surface area contributed by atoms with Crippen LogP contribution in [0.2, 0.25) is 0 Å². The summed E-state index contributed by atoms with van der Waals surface area (Å²) in [5, 5.41) is 4.36. The van der Waals surface area contributed by atoms with Crippen LogP contribution in [0.4, 0.5) is 0 Å². The van der Waals surface area contributed by atoms with Crippen LogP contribution in [-0.4, -0.2) is 34.8 Å². The molecular weight excluding hydrogens is 466 g/mol. The van der Waals surface area contributed by atoms with E-state index in [2.05, 4.69) is 15.3 Å². The highest BCUT2D eigenvalue weighted by molar-refractivity contribution is 6.12. The number of ketones is 1. The van der Waals surface area contributed by atoms with Crippen LogP contribution < -0.4 is 10.1 Å². The van der Waals surface area contributed by atoms with Gasteiger partial charge in [0.05, 0.1) is 22.2 Å². The van der Waals surface area contributed by atoms with E-state index in [1.807, 2.05) is 66.7 Å². The number of para-hydroxylation sites is 1. The van der Waals surface area contributed by atoms with E-state index in [9.17, 15) is 9.59 Å². The third-order valence-electron chi connectivity index (χ3n) is 7.90. The fourth-order valence-electron chi connectivity index (χ4n) is 5.70. The smallest absolute Gasteiger partial charge is 0.341 e. The minimum atomic E-state index is -0.681. The average Bonchev–Trinajstić information content (AvgIpc) is 3.54. The molecule has 2 fully saturated rings. The zero-order valence-corrected chi connectivity index (χ0v) is 20.2. The van der Waals surface area contributed by atoms with E-state index in [-0.39, 0.29) is 11.5 Å². The highest BCUT2D eigenvalue weighted by Gasteiger charge is 2.55. The Bertz CT molecular complexity index is 1550. The van der Waals surface area contributed by atoms with Crippen LogP contribution >= 0.6 is 0 Å². The normalized spacial score (nSPS) is 21.1. The lowest BCUT2D eigenvalue weighted by Crippen LogP contribution is -2.29. The molecule has 2 aromatic carbocycles. The second-order valence-electron chi connectivity index (χ2n) is 10.1. The van der Waals surface area contributed by atoms with Gasteiger partial charge in [0.25, 0.3) is 0 Å². The molecule has 184 valence electrons. The number of carbonyl (C=O) groups excluding carboxylic acids is 2. The molecule has 7 nitrogen and oxygen atoms in total. The van der Waals surface area contributed by atoms with Gasteiger partial charge in [-0.15, -0.1) is 0 Å². The van der Waals surface area contributed by atoms with Crippen LogP contribution in [0.5, 0.6) is 5.75 Å². The Hall–Kier alpha value is -4.10. The predicted octanol–water partition coefficient (Wildman–Crippen LogP) is 4.48. The molecule has 0 amide bonds. The Balaban J connectivity index is 1.11. The highest BCUT2D eigenvalue weighted by Crippen LogP contribution is 2.52. The number of esters is 1. The van der Waals surface area contributed by atoms with Crippen molar-refractivity contribution >= 4 is 22.7 Å². The molecule has 0 radical (unpaired) electrons. The second-order valence-corrected chi connectivity index (χ2v) is 10.1. The quantitative estimate of drug-likeness (QED) is 0.314. The number of Topliss-reactive ketones (excluding diaryl/α,β-unsaturated/α-hetero) is 1. The first-order valence-corrected chi connectivity index (χ1v) is 12.6. The van der Waals surface area contributed by atoms with Crippen LogP contribution in [0.1, 0.15) is 56.9 Å². The molecule has 7 rings (SSSR count). The topological polar surface area (TPSA) is 90.4 Å². The SMILES string of the molecule is O=C1OC2(CCNC2)c2ccnc(C(=O)C3(c4ccc(OCc5ccc6ccccc6n5)cc4)CC3)c21. The Morgan fingerprint density at radius 3 is 2.62 bits per heavy atom. The Labute approximate surface area is 213 Å². The van der Waals surface area contributed by atoms with Crippen LogP contribution in [0.3, 0.4) is 0 Å². The molecule has 3 aliphatic rings. The molecule has 1 saturated carbocycles. The second kappa shape index (κ2) is 8.21. The van der Waals surface area contributed by atoms with Gasteiger partial charge in [0.2, 0.25) is 0 Å². The van der Waals surface area contributed by atoms with Crippen LogP contribution in [0.25, 0.3) is 10.9 Å². The maximum Gasteiger partial charge on any atom is 0.341 e.